The normalized spacial score (nSPS) is 11.1. The van der Waals surface area contributed by atoms with Crippen LogP contribution in [0.15, 0.2) is 36.4 Å². The van der Waals surface area contributed by atoms with Gasteiger partial charge in [0, 0.05) is 18.3 Å². The summed E-state index contributed by atoms with van der Waals surface area (Å²) in [7, 11) is 2.91. The molecule has 0 aliphatic carbocycles. The quantitative estimate of drug-likeness (QED) is 0.622. The third kappa shape index (κ3) is 4.62. The molecular formula is C17H15F4NO3. The second-order valence-corrected chi connectivity index (χ2v) is 5.09. The number of Topliss-reactive ketones (excluding diaryl/α,β-unsaturated/α-hetero) is 1. The van der Waals surface area contributed by atoms with Crippen molar-refractivity contribution in [2.24, 2.45) is 0 Å². The number of carbonyl (C=O) groups is 1. The van der Waals surface area contributed by atoms with E-state index in [-0.39, 0.29) is 12.2 Å². The van der Waals surface area contributed by atoms with Crippen LogP contribution in [0.3, 0.4) is 0 Å². The van der Waals surface area contributed by atoms with E-state index in [0.717, 1.165) is 18.2 Å². The Morgan fingerprint density at radius 2 is 1.64 bits per heavy atom. The number of carbonyl (C=O) groups excluding carboxylic acids is 1. The van der Waals surface area contributed by atoms with Crippen molar-refractivity contribution >= 4 is 11.5 Å². The maximum absolute atomic E-state index is 13.4. The molecule has 0 aromatic heterocycles. The highest BCUT2D eigenvalue weighted by atomic mass is 19.4. The van der Waals surface area contributed by atoms with Gasteiger partial charge in [-0.1, -0.05) is 0 Å². The Balaban J connectivity index is 2.29. The fourth-order valence-corrected chi connectivity index (χ4v) is 2.18. The summed E-state index contributed by atoms with van der Waals surface area (Å²) in [6, 6.07) is 7.36. The topological polar surface area (TPSA) is 47.6 Å². The van der Waals surface area contributed by atoms with Crippen LogP contribution in [-0.4, -0.2) is 26.2 Å². The SMILES string of the molecule is COc1cc(CNc2cc(F)ccc2C(=O)C(F)(F)F)cc(OC)c1. The highest BCUT2D eigenvalue weighted by Crippen LogP contribution is 2.28. The van der Waals surface area contributed by atoms with Gasteiger partial charge in [0.2, 0.25) is 0 Å². The molecule has 0 heterocycles. The third-order valence-electron chi connectivity index (χ3n) is 3.38. The minimum absolute atomic E-state index is 0.0369. The molecule has 0 unspecified atom stereocenters. The lowest BCUT2D eigenvalue weighted by Crippen LogP contribution is -2.24. The average Bonchev–Trinajstić information content (AvgIpc) is 2.58. The minimum atomic E-state index is -5.05. The van der Waals surface area contributed by atoms with Gasteiger partial charge in [0.1, 0.15) is 17.3 Å². The van der Waals surface area contributed by atoms with Crippen LogP contribution in [-0.2, 0) is 6.54 Å². The molecular weight excluding hydrogens is 342 g/mol. The maximum Gasteiger partial charge on any atom is 0.454 e. The largest absolute Gasteiger partial charge is 0.497 e. The number of methoxy groups -OCH3 is 2. The molecule has 0 fully saturated rings. The number of ketones is 1. The van der Waals surface area contributed by atoms with E-state index in [2.05, 4.69) is 5.32 Å². The van der Waals surface area contributed by atoms with Crippen LogP contribution >= 0.6 is 0 Å². The lowest BCUT2D eigenvalue weighted by Gasteiger charge is -2.14. The van der Waals surface area contributed by atoms with Crippen LogP contribution in [0.1, 0.15) is 15.9 Å². The van der Waals surface area contributed by atoms with Crippen LogP contribution < -0.4 is 14.8 Å². The summed E-state index contributed by atoms with van der Waals surface area (Å²) >= 11 is 0. The molecule has 0 radical (unpaired) electrons. The summed E-state index contributed by atoms with van der Waals surface area (Å²) in [6.07, 6.45) is -5.05. The monoisotopic (exact) mass is 357 g/mol. The Morgan fingerprint density at radius 1 is 1.04 bits per heavy atom. The van der Waals surface area contributed by atoms with E-state index in [4.69, 9.17) is 9.47 Å². The zero-order chi connectivity index (χ0) is 18.6. The molecule has 0 amide bonds. The number of anilines is 1. The van der Waals surface area contributed by atoms with Crippen LogP contribution in [0.4, 0.5) is 23.2 Å². The Hall–Kier alpha value is -2.77. The molecule has 0 saturated carbocycles. The first-order valence-corrected chi connectivity index (χ1v) is 7.11. The fraction of sp³-hybridized carbons (Fsp3) is 0.235. The lowest BCUT2D eigenvalue weighted by molar-refractivity contribution is -0.0884. The zero-order valence-electron chi connectivity index (χ0n) is 13.4. The number of hydrogen-bond donors (Lipinski definition) is 1. The number of ether oxygens (including phenoxy) is 2. The zero-order valence-corrected chi connectivity index (χ0v) is 13.4. The van der Waals surface area contributed by atoms with Gasteiger partial charge in [0.15, 0.2) is 0 Å². The first-order chi connectivity index (χ1) is 11.7. The summed E-state index contributed by atoms with van der Waals surface area (Å²) in [5.41, 5.74) is -0.279. The van der Waals surface area contributed by atoms with Crippen LogP contribution in [0.5, 0.6) is 11.5 Å². The molecule has 8 heteroatoms. The minimum Gasteiger partial charge on any atom is -0.497 e. The van der Waals surface area contributed by atoms with Gasteiger partial charge in [0.05, 0.1) is 19.8 Å². The summed E-state index contributed by atoms with van der Waals surface area (Å²) in [5, 5.41) is 2.65. The van der Waals surface area contributed by atoms with Crippen molar-refractivity contribution in [3.63, 3.8) is 0 Å². The molecule has 0 spiro atoms. The van der Waals surface area contributed by atoms with Gasteiger partial charge < -0.3 is 14.8 Å². The van der Waals surface area contributed by atoms with E-state index in [9.17, 15) is 22.4 Å². The van der Waals surface area contributed by atoms with Crippen molar-refractivity contribution < 1.29 is 31.8 Å². The van der Waals surface area contributed by atoms with E-state index in [1.54, 1.807) is 18.2 Å². The second kappa shape index (κ2) is 7.42. The van der Waals surface area contributed by atoms with E-state index in [1.807, 2.05) is 0 Å². The van der Waals surface area contributed by atoms with E-state index in [1.165, 1.54) is 14.2 Å². The Morgan fingerprint density at radius 3 is 2.16 bits per heavy atom. The molecule has 134 valence electrons. The van der Waals surface area contributed by atoms with Crippen LogP contribution in [0, 0.1) is 5.82 Å². The Bertz CT molecular complexity index is 753. The van der Waals surface area contributed by atoms with Gasteiger partial charge in [-0.2, -0.15) is 13.2 Å². The summed E-state index contributed by atoms with van der Waals surface area (Å²) in [6.45, 7) is 0.0369. The van der Waals surface area contributed by atoms with Gasteiger partial charge in [-0.15, -0.1) is 0 Å². The van der Waals surface area contributed by atoms with Gasteiger partial charge >= 0.3 is 6.18 Å². The molecule has 0 atom stereocenters. The highest BCUT2D eigenvalue weighted by molar-refractivity contribution is 6.04. The Labute approximate surface area is 141 Å². The molecule has 2 aromatic carbocycles. The number of benzene rings is 2. The van der Waals surface area contributed by atoms with Gasteiger partial charge in [0.25, 0.3) is 5.78 Å². The first kappa shape index (κ1) is 18.6. The molecule has 0 aliphatic rings. The molecule has 2 rings (SSSR count). The van der Waals surface area contributed by atoms with Gasteiger partial charge in [-0.3, -0.25) is 4.79 Å². The van der Waals surface area contributed by atoms with Crippen molar-refractivity contribution in [3.8, 4) is 11.5 Å². The standard InChI is InChI=1S/C17H15F4NO3/c1-24-12-5-10(6-13(8-12)25-2)9-22-15-7-11(18)3-4-14(15)16(23)17(19,20)21/h3-8,22H,9H2,1-2H3. The third-order valence-corrected chi connectivity index (χ3v) is 3.38. The molecule has 25 heavy (non-hydrogen) atoms. The Kier molecular flexibility index (Phi) is 5.51. The van der Waals surface area contributed by atoms with Crippen molar-refractivity contribution in [2.45, 2.75) is 12.7 Å². The van der Waals surface area contributed by atoms with E-state index >= 15 is 0 Å². The number of alkyl halides is 3. The molecule has 2 aromatic rings. The number of nitrogens with one attached hydrogen (secondary N) is 1. The van der Waals surface area contributed by atoms with Gasteiger partial charge in [-0.25, -0.2) is 4.39 Å². The molecule has 4 nitrogen and oxygen atoms in total. The maximum atomic E-state index is 13.4. The van der Waals surface area contributed by atoms with E-state index < -0.39 is 23.3 Å². The highest BCUT2D eigenvalue weighted by Gasteiger charge is 2.40. The molecule has 0 saturated heterocycles. The van der Waals surface area contributed by atoms with Crippen LogP contribution in [0.2, 0.25) is 0 Å². The smallest absolute Gasteiger partial charge is 0.454 e. The van der Waals surface area contributed by atoms with Crippen molar-refractivity contribution in [1.82, 2.24) is 0 Å². The molecule has 1 N–H and O–H groups in total. The summed E-state index contributed by atoms with van der Waals surface area (Å²) in [4.78, 5) is 11.5. The molecule has 0 aliphatic heterocycles. The van der Waals surface area contributed by atoms with E-state index in [0.29, 0.717) is 17.1 Å². The summed E-state index contributed by atoms with van der Waals surface area (Å²) in [5.74, 6) is -1.83. The predicted octanol–water partition coefficient (Wildman–Crippen LogP) is 4.20. The first-order valence-electron chi connectivity index (χ1n) is 7.11. The number of hydrogen-bond acceptors (Lipinski definition) is 4. The molecule has 0 bridgehead atoms. The van der Waals surface area contributed by atoms with Gasteiger partial charge in [-0.05, 0) is 35.9 Å². The number of halogens is 4. The summed E-state index contributed by atoms with van der Waals surface area (Å²) < 4.78 is 61.6. The number of rotatable bonds is 6. The average molecular weight is 357 g/mol. The predicted molar refractivity (Wildman–Crippen MR) is 83.7 cm³/mol. The fourth-order valence-electron chi connectivity index (χ4n) is 2.18. The lowest BCUT2D eigenvalue weighted by atomic mass is 10.1. The van der Waals surface area contributed by atoms with Crippen molar-refractivity contribution in [1.29, 1.82) is 0 Å². The van der Waals surface area contributed by atoms with Crippen molar-refractivity contribution in [3.05, 3.63) is 53.3 Å². The van der Waals surface area contributed by atoms with Crippen molar-refractivity contribution in [2.75, 3.05) is 19.5 Å². The van der Waals surface area contributed by atoms with Crippen LogP contribution in [0.25, 0.3) is 0 Å². The second-order valence-electron chi connectivity index (χ2n) is 5.09.